The lowest BCUT2D eigenvalue weighted by molar-refractivity contribution is -0.140. The lowest BCUT2D eigenvalue weighted by atomic mass is 9.94. The number of aliphatic hydroxyl groups excluding tert-OH is 1. The first-order chi connectivity index (χ1) is 16.3. The van der Waals surface area contributed by atoms with Crippen molar-refractivity contribution in [2.75, 3.05) is 48.0 Å². The fourth-order valence-corrected chi connectivity index (χ4v) is 3.89. The van der Waals surface area contributed by atoms with Crippen molar-refractivity contribution in [3.8, 4) is 17.2 Å². The Bertz CT molecular complexity index is 1090. The van der Waals surface area contributed by atoms with Gasteiger partial charge in [0, 0.05) is 24.2 Å². The molecule has 1 atom stereocenters. The van der Waals surface area contributed by atoms with Gasteiger partial charge in [0.15, 0.2) is 11.5 Å². The molecule has 1 fully saturated rings. The Hall–Kier alpha value is -3.78. The highest BCUT2D eigenvalue weighted by Gasteiger charge is 2.47. The largest absolute Gasteiger partial charge is 0.507 e. The number of carbonyl (C=O) groups excluding carboxylic acids is 2. The van der Waals surface area contributed by atoms with Gasteiger partial charge >= 0.3 is 0 Å². The molecule has 0 bridgehead atoms. The molecule has 3 rings (SSSR count). The molecule has 1 amide bonds. The van der Waals surface area contributed by atoms with Gasteiger partial charge in [-0.05, 0) is 44.4 Å². The molecule has 0 aromatic heterocycles. The van der Waals surface area contributed by atoms with Crippen LogP contribution in [0, 0.1) is 0 Å². The van der Waals surface area contributed by atoms with E-state index in [0.717, 1.165) is 0 Å². The van der Waals surface area contributed by atoms with Crippen LogP contribution in [0.3, 0.4) is 0 Å². The highest BCUT2D eigenvalue weighted by Crippen LogP contribution is 2.45. The van der Waals surface area contributed by atoms with Gasteiger partial charge in [0.05, 0.1) is 25.8 Å². The number of ketones is 1. The van der Waals surface area contributed by atoms with E-state index in [0.29, 0.717) is 41.5 Å². The standard InChI is InChI=1S/C26H30N2O6/c1-6-16-34-18-12-10-17(11-13-18)23(29)21-22(19-8-7-9-20(32-4)25(19)33-5)28(15-14-27(2)3)26(31)24(21)30/h6-13,22,29H,1,14-16H2,2-5H3/b23-21+. The lowest BCUT2D eigenvalue weighted by Gasteiger charge is -2.28. The Kier molecular flexibility index (Phi) is 7.96. The quantitative estimate of drug-likeness (QED) is 0.249. The number of rotatable bonds is 10. The van der Waals surface area contributed by atoms with E-state index >= 15 is 0 Å². The molecule has 8 heteroatoms. The summed E-state index contributed by atoms with van der Waals surface area (Å²) in [4.78, 5) is 29.7. The second-order valence-corrected chi connectivity index (χ2v) is 8.00. The van der Waals surface area contributed by atoms with E-state index in [9.17, 15) is 14.7 Å². The zero-order valence-electron chi connectivity index (χ0n) is 19.9. The fraction of sp³-hybridized carbons (Fsp3) is 0.308. The van der Waals surface area contributed by atoms with Crippen molar-refractivity contribution in [3.05, 3.63) is 71.8 Å². The Morgan fingerprint density at radius 3 is 2.41 bits per heavy atom. The van der Waals surface area contributed by atoms with Crippen molar-refractivity contribution in [3.63, 3.8) is 0 Å². The average Bonchev–Trinajstić information content (AvgIpc) is 3.10. The van der Waals surface area contributed by atoms with Crippen LogP contribution in [0.5, 0.6) is 17.2 Å². The molecular formula is C26H30N2O6. The summed E-state index contributed by atoms with van der Waals surface area (Å²) in [5.74, 6) is -0.250. The summed E-state index contributed by atoms with van der Waals surface area (Å²) in [5, 5.41) is 11.2. The summed E-state index contributed by atoms with van der Waals surface area (Å²) in [5.41, 5.74) is 0.936. The first-order valence-corrected chi connectivity index (χ1v) is 10.8. The average molecular weight is 467 g/mol. The third kappa shape index (κ3) is 4.92. The first kappa shape index (κ1) is 24.9. The van der Waals surface area contributed by atoms with Crippen LogP contribution in [0.2, 0.25) is 0 Å². The van der Waals surface area contributed by atoms with Crippen LogP contribution in [0.1, 0.15) is 17.2 Å². The van der Waals surface area contributed by atoms with E-state index < -0.39 is 17.7 Å². The SMILES string of the molecule is C=CCOc1ccc(/C(O)=C2\C(=O)C(=O)N(CCN(C)C)C2c2cccc(OC)c2OC)cc1. The van der Waals surface area contributed by atoms with E-state index in [1.54, 1.807) is 48.5 Å². The minimum absolute atomic E-state index is 0.00457. The molecule has 34 heavy (non-hydrogen) atoms. The highest BCUT2D eigenvalue weighted by molar-refractivity contribution is 6.46. The van der Waals surface area contributed by atoms with Crippen molar-refractivity contribution in [2.45, 2.75) is 6.04 Å². The summed E-state index contributed by atoms with van der Waals surface area (Å²) in [7, 11) is 6.78. The van der Waals surface area contributed by atoms with E-state index in [2.05, 4.69) is 6.58 Å². The molecule has 2 aromatic rings. The van der Waals surface area contributed by atoms with Crippen molar-refractivity contribution in [1.29, 1.82) is 0 Å². The third-order valence-corrected chi connectivity index (χ3v) is 5.55. The summed E-state index contributed by atoms with van der Waals surface area (Å²) in [6.07, 6.45) is 1.63. The summed E-state index contributed by atoms with van der Waals surface area (Å²) >= 11 is 0. The maximum Gasteiger partial charge on any atom is 0.295 e. The Morgan fingerprint density at radius 1 is 1.12 bits per heavy atom. The van der Waals surface area contributed by atoms with Crippen LogP contribution in [-0.4, -0.2) is 74.6 Å². The number of ether oxygens (including phenoxy) is 3. The molecule has 8 nitrogen and oxygen atoms in total. The summed E-state index contributed by atoms with van der Waals surface area (Å²) in [6.45, 7) is 4.78. The Labute approximate surface area is 199 Å². The molecule has 1 aliphatic heterocycles. The molecular weight excluding hydrogens is 436 g/mol. The molecule has 2 aromatic carbocycles. The molecule has 1 heterocycles. The fourth-order valence-electron chi connectivity index (χ4n) is 3.89. The van der Waals surface area contributed by atoms with Crippen molar-refractivity contribution in [2.24, 2.45) is 0 Å². The van der Waals surface area contributed by atoms with Crippen LogP contribution in [0.15, 0.2) is 60.7 Å². The summed E-state index contributed by atoms with van der Waals surface area (Å²) in [6, 6.07) is 11.1. The number of hydrogen-bond acceptors (Lipinski definition) is 7. The summed E-state index contributed by atoms with van der Waals surface area (Å²) < 4.78 is 16.5. The van der Waals surface area contributed by atoms with Crippen molar-refractivity contribution in [1.82, 2.24) is 9.80 Å². The molecule has 1 aliphatic rings. The van der Waals surface area contributed by atoms with Crippen LogP contribution in [-0.2, 0) is 9.59 Å². The van der Waals surface area contributed by atoms with Crippen LogP contribution in [0.25, 0.3) is 5.76 Å². The van der Waals surface area contributed by atoms with E-state index in [-0.39, 0.29) is 17.9 Å². The number of carbonyl (C=O) groups is 2. The number of likely N-dealkylation sites (N-methyl/N-ethyl adjacent to an activating group) is 1. The van der Waals surface area contributed by atoms with E-state index in [1.807, 2.05) is 19.0 Å². The topological polar surface area (TPSA) is 88.5 Å². The number of methoxy groups -OCH3 is 2. The molecule has 0 aliphatic carbocycles. The number of hydrogen-bond donors (Lipinski definition) is 1. The Balaban J connectivity index is 2.16. The number of Topliss-reactive ketones (excluding diaryl/α,β-unsaturated/α-hetero) is 1. The maximum atomic E-state index is 13.2. The second kappa shape index (κ2) is 10.9. The normalized spacial score (nSPS) is 17.2. The predicted octanol–water partition coefficient (Wildman–Crippen LogP) is 3.25. The van der Waals surface area contributed by atoms with Gasteiger partial charge in [-0.25, -0.2) is 0 Å². The third-order valence-electron chi connectivity index (χ3n) is 5.55. The van der Waals surface area contributed by atoms with Gasteiger partial charge in [-0.3, -0.25) is 9.59 Å². The van der Waals surface area contributed by atoms with E-state index in [4.69, 9.17) is 14.2 Å². The van der Waals surface area contributed by atoms with Gasteiger partial charge in [0.2, 0.25) is 0 Å². The number of nitrogens with zero attached hydrogens (tertiary/aromatic N) is 2. The second-order valence-electron chi connectivity index (χ2n) is 8.00. The van der Waals surface area contributed by atoms with Gasteiger partial charge in [-0.1, -0.05) is 24.8 Å². The molecule has 1 unspecified atom stereocenters. The number of benzene rings is 2. The monoisotopic (exact) mass is 466 g/mol. The molecule has 1 N–H and O–H groups in total. The molecule has 0 spiro atoms. The number of likely N-dealkylation sites (tertiary alicyclic amines) is 1. The zero-order chi connectivity index (χ0) is 24.8. The first-order valence-electron chi connectivity index (χ1n) is 10.8. The van der Waals surface area contributed by atoms with Crippen LogP contribution >= 0.6 is 0 Å². The number of para-hydroxylation sites is 1. The van der Waals surface area contributed by atoms with Gasteiger partial charge in [-0.2, -0.15) is 0 Å². The van der Waals surface area contributed by atoms with E-state index in [1.165, 1.54) is 19.1 Å². The molecule has 1 saturated heterocycles. The minimum Gasteiger partial charge on any atom is -0.507 e. The number of aliphatic hydroxyl groups is 1. The zero-order valence-corrected chi connectivity index (χ0v) is 19.9. The van der Waals surface area contributed by atoms with Gasteiger partial charge < -0.3 is 29.1 Å². The maximum absolute atomic E-state index is 13.2. The highest BCUT2D eigenvalue weighted by atomic mass is 16.5. The Morgan fingerprint density at radius 2 is 1.82 bits per heavy atom. The lowest BCUT2D eigenvalue weighted by Crippen LogP contribution is -2.35. The van der Waals surface area contributed by atoms with Crippen molar-refractivity contribution < 1.29 is 28.9 Å². The molecule has 180 valence electrons. The molecule has 0 radical (unpaired) electrons. The minimum atomic E-state index is -0.846. The van der Waals surface area contributed by atoms with Crippen LogP contribution < -0.4 is 14.2 Å². The van der Waals surface area contributed by atoms with Gasteiger partial charge in [-0.15, -0.1) is 0 Å². The smallest absolute Gasteiger partial charge is 0.295 e. The van der Waals surface area contributed by atoms with Crippen LogP contribution in [0.4, 0.5) is 0 Å². The van der Waals surface area contributed by atoms with Gasteiger partial charge in [0.1, 0.15) is 18.1 Å². The number of amides is 1. The van der Waals surface area contributed by atoms with Crippen molar-refractivity contribution >= 4 is 17.4 Å². The van der Waals surface area contributed by atoms with Gasteiger partial charge in [0.25, 0.3) is 11.7 Å². The molecule has 0 saturated carbocycles. The predicted molar refractivity (Wildman–Crippen MR) is 129 cm³/mol.